The number of aromatic amines is 1. The topological polar surface area (TPSA) is 155 Å². The minimum atomic E-state index is -3.93. The number of hydrogen-bond acceptors (Lipinski definition) is 8. The van der Waals surface area contributed by atoms with Crippen molar-refractivity contribution in [1.82, 2.24) is 9.29 Å². The van der Waals surface area contributed by atoms with Gasteiger partial charge in [-0.3, -0.25) is 14.6 Å². The molecule has 3 rings (SSSR count). The van der Waals surface area contributed by atoms with Gasteiger partial charge in [0.25, 0.3) is 11.5 Å². The Morgan fingerprint density at radius 3 is 2.61 bits per heavy atom. The molecule has 0 unspecified atom stereocenters. The lowest BCUT2D eigenvalue weighted by Crippen LogP contribution is -2.41. The maximum Gasteiger partial charge on any atom is 0.339 e. The number of ether oxygens (including phenoxy) is 2. The van der Waals surface area contributed by atoms with Gasteiger partial charge in [-0.15, -0.1) is 0 Å². The number of hydrogen-bond donors (Lipinski definition) is 3. The van der Waals surface area contributed by atoms with Crippen LogP contribution in [0.1, 0.15) is 10.4 Å². The highest BCUT2D eigenvalue weighted by molar-refractivity contribution is 7.89. The zero-order valence-corrected chi connectivity index (χ0v) is 17.5. The number of esters is 1. The summed E-state index contributed by atoms with van der Waals surface area (Å²) in [6.07, 6.45) is 0. The van der Waals surface area contributed by atoms with Gasteiger partial charge >= 0.3 is 5.97 Å². The van der Waals surface area contributed by atoms with Crippen LogP contribution in [0.15, 0.2) is 40.0 Å². The van der Waals surface area contributed by atoms with E-state index in [-0.39, 0.29) is 47.5 Å². The molecule has 2 aromatic rings. The largest absolute Gasteiger partial charge is 0.494 e. The van der Waals surface area contributed by atoms with Crippen LogP contribution in [0.4, 0.5) is 5.69 Å². The second kappa shape index (κ2) is 9.47. The summed E-state index contributed by atoms with van der Waals surface area (Å²) in [6.45, 7) is 0.0681. The average molecular weight is 472 g/mol. The number of aromatic nitrogens is 1. The Labute approximate surface area is 181 Å². The van der Waals surface area contributed by atoms with Crippen LogP contribution >= 0.6 is 11.6 Å². The van der Waals surface area contributed by atoms with Gasteiger partial charge in [0, 0.05) is 30.2 Å². The number of pyridine rings is 1. The summed E-state index contributed by atoms with van der Waals surface area (Å²) in [5, 5.41) is 11.9. The zero-order valence-electron chi connectivity index (χ0n) is 16.0. The second-order valence-electron chi connectivity index (χ2n) is 6.40. The smallest absolute Gasteiger partial charge is 0.339 e. The predicted molar refractivity (Wildman–Crippen MR) is 109 cm³/mol. The molecule has 1 aliphatic heterocycles. The van der Waals surface area contributed by atoms with Gasteiger partial charge in [0.2, 0.25) is 10.0 Å². The predicted octanol–water partition coefficient (Wildman–Crippen LogP) is 0.550. The van der Waals surface area contributed by atoms with Gasteiger partial charge in [-0.25, -0.2) is 13.2 Å². The van der Waals surface area contributed by atoms with E-state index in [0.717, 1.165) is 12.1 Å². The van der Waals surface area contributed by atoms with Gasteiger partial charge < -0.3 is 19.9 Å². The lowest BCUT2D eigenvalue weighted by molar-refractivity contribution is -0.119. The number of nitrogens with one attached hydrogen (secondary N) is 2. The number of anilines is 1. The maximum absolute atomic E-state index is 13.0. The quantitative estimate of drug-likeness (QED) is 0.516. The van der Waals surface area contributed by atoms with E-state index in [0.29, 0.717) is 0 Å². The van der Waals surface area contributed by atoms with Crippen molar-refractivity contribution < 1.29 is 32.6 Å². The normalized spacial score (nSPS) is 14.7. The molecule has 0 atom stereocenters. The Morgan fingerprint density at radius 2 is 1.94 bits per heavy atom. The molecule has 1 aromatic heterocycles. The van der Waals surface area contributed by atoms with Gasteiger partial charge in [-0.1, -0.05) is 11.6 Å². The number of rotatable bonds is 6. The Morgan fingerprint density at radius 1 is 1.23 bits per heavy atom. The van der Waals surface area contributed by atoms with Gasteiger partial charge in [0.15, 0.2) is 12.5 Å². The first-order valence-corrected chi connectivity index (χ1v) is 10.8. The van der Waals surface area contributed by atoms with E-state index in [1.807, 2.05) is 4.98 Å². The first-order valence-electron chi connectivity index (χ1n) is 8.94. The molecule has 1 amide bonds. The summed E-state index contributed by atoms with van der Waals surface area (Å²) in [4.78, 5) is 37.4. The van der Waals surface area contributed by atoms with E-state index in [1.54, 1.807) is 0 Å². The van der Waals surface area contributed by atoms with Crippen LogP contribution in [0.5, 0.6) is 5.88 Å². The first-order chi connectivity index (χ1) is 14.7. The maximum atomic E-state index is 13.0. The third-order valence-electron chi connectivity index (χ3n) is 4.20. The highest BCUT2D eigenvalue weighted by Crippen LogP contribution is 2.28. The third kappa shape index (κ3) is 5.61. The first kappa shape index (κ1) is 22.7. The number of amides is 1. The molecular weight excluding hydrogens is 454 g/mol. The lowest BCUT2D eigenvalue weighted by atomic mass is 10.3. The molecule has 0 aliphatic carbocycles. The van der Waals surface area contributed by atoms with Crippen molar-refractivity contribution in [3.8, 4) is 5.88 Å². The molecule has 13 heteroatoms. The van der Waals surface area contributed by atoms with Crippen LogP contribution in [-0.2, 0) is 24.3 Å². The fourth-order valence-corrected chi connectivity index (χ4v) is 4.51. The van der Waals surface area contributed by atoms with Gasteiger partial charge in [0.1, 0.15) is 4.90 Å². The molecule has 1 saturated heterocycles. The summed E-state index contributed by atoms with van der Waals surface area (Å²) >= 11 is 5.95. The molecule has 166 valence electrons. The van der Waals surface area contributed by atoms with Crippen LogP contribution in [0.2, 0.25) is 5.02 Å². The molecule has 2 heterocycles. The van der Waals surface area contributed by atoms with Gasteiger partial charge in [-0.05, 0) is 18.2 Å². The van der Waals surface area contributed by atoms with E-state index in [9.17, 15) is 27.9 Å². The number of halogens is 1. The fraction of sp³-hybridized carbons (Fsp3) is 0.278. The number of carbonyl (C=O) groups excluding carboxylic acids is 2. The highest BCUT2D eigenvalue weighted by atomic mass is 35.5. The van der Waals surface area contributed by atoms with E-state index in [1.165, 1.54) is 22.5 Å². The minimum Gasteiger partial charge on any atom is -0.494 e. The summed E-state index contributed by atoms with van der Waals surface area (Å²) in [6, 6.07) is 5.77. The highest BCUT2D eigenvalue weighted by Gasteiger charge is 2.29. The average Bonchev–Trinajstić information content (AvgIpc) is 2.72. The summed E-state index contributed by atoms with van der Waals surface area (Å²) in [7, 11) is -3.93. The SMILES string of the molecule is O=C(COC(=O)c1cc(O)[nH]c(=O)c1)Nc1cc(Cl)ccc1S(=O)(=O)N1CCOCC1. The van der Waals surface area contributed by atoms with Crippen molar-refractivity contribution in [1.29, 1.82) is 0 Å². The molecule has 0 radical (unpaired) electrons. The molecule has 31 heavy (non-hydrogen) atoms. The number of sulfonamides is 1. The fourth-order valence-electron chi connectivity index (χ4n) is 2.80. The van der Waals surface area contributed by atoms with Crippen molar-refractivity contribution in [3.05, 3.63) is 51.3 Å². The van der Waals surface area contributed by atoms with Gasteiger partial charge in [0.05, 0.1) is 24.5 Å². The Bertz CT molecular complexity index is 1160. The summed E-state index contributed by atoms with van der Waals surface area (Å²) < 4.78 is 37.1. The van der Waals surface area contributed by atoms with E-state index in [4.69, 9.17) is 21.1 Å². The Hall–Kier alpha value is -2.93. The van der Waals surface area contributed by atoms with E-state index in [2.05, 4.69) is 5.32 Å². The van der Waals surface area contributed by atoms with Crippen molar-refractivity contribution in [2.45, 2.75) is 4.90 Å². The van der Waals surface area contributed by atoms with Crippen molar-refractivity contribution >= 4 is 39.2 Å². The van der Waals surface area contributed by atoms with Crippen LogP contribution in [0, 0.1) is 0 Å². The standard InChI is InChI=1S/C18H18ClN3O8S/c19-12-1-2-14(31(27,28)22-3-5-29-6-4-22)13(9-12)20-17(25)10-30-18(26)11-7-15(23)21-16(24)8-11/h1-2,7-9H,3-6,10H2,(H,20,25)(H2,21,23,24). The molecule has 1 fully saturated rings. The molecule has 1 aliphatic rings. The molecule has 0 saturated carbocycles. The van der Waals surface area contributed by atoms with E-state index < -0.39 is 39.9 Å². The van der Waals surface area contributed by atoms with Gasteiger partial charge in [-0.2, -0.15) is 4.31 Å². The molecule has 0 spiro atoms. The number of nitrogens with zero attached hydrogens (tertiary/aromatic N) is 1. The molecule has 3 N–H and O–H groups in total. The van der Waals surface area contributed by atoms with Crippen LogP contribution in [0.3, 0.4) is 0 Å². The van der Waals surface area contributed by atoms with Crippen molar-refractivity contribution in [2.24, 2.45) is 0 Å². The molecular formula is C18H18ClN3O8S. The minimum absolute atomic E-state index is 0.0751. The molecule has 11 nitrogen and oxygen atoms in total. The summed E-state index contributed by atoms with van der Waals surface area (Å²) in [5.41, 5.74) is -1.06. The monoisotopic (exact) mass is 471 g/mol. The van der Waals surface area contributed by atoms with E-state index >= 15 is 0 Å². The Kier molecular flexibility index (Phi) is 6.95. The van der Waals surface area contributed by atoms with Crippen LogP contribution in [-0.4, -0.2) is 67.6 Å². The zero-order chi connectivity index (χ0) is 22.6. The Balaban J connectivity index is 1.73. The summed E-state index contributed by atoms with van der Waals surface area (Å²) in [5.74, 6) is -2.40. The van der Waals surface area contributed by atoms with Crippen LogP contribution < -0.4 is 10.9 Å². The van der Waals surface area contributed by atoms with Crippen molar-refractivity contribution in [2.75, 3.05) is 38.2 Å². The lowest BCUT2D eigenvalue weighted by Gasteiger charge is -2.27. The third-order valence-corrected chi connectivity index (χ3v) is 6.40. The molecule has 0 bridgehead atoms. The number of morpholine rings is 1. The van der Waals surface area contributed by atoms with Crippen molar-refractivity contribution in [3.63, 3.8) is 0 Å². The molecule has 1 aromatic carbocycles. The number of carbonyl (C=O) groups is 2. The number of aromatic hydroxyl groups is 1. The van der Waals surface area contributed by atoms with Crippen LogP contribution in [0.25, 0.3) is 0 Å². The second-order valence-corrected chi connectivity index (χ2v) is 8.74. The number of H-pyrrole nitrogens is 1. The number of benzene rings is 1.